The zero-order chi connectivity index (χ0) is 7.98. The Morgan fingerprint density at radius 1 is 1.90 bits per heavy atom. The lowest BCUT2D eigenvalue weighted by Gasteiger charge is -2.03. The summed E-state index contributed by atoms with van der Waals surface area (Å²) in [6.07, 6.45) is -0.843. The Kier molecular flexibility index (Phi) is 4.25. The zero-order valence-corrected chi connectivity index (χ0v) is 5.70. The van der Waals surface area contributed by atoms with Gasteiger partial charge in [0.05, 0.1) is 13.2 Å². The highest BCUT2D eigenvalue weighted by molar-refractivity contribution is 5.74. The molecular formula is C6H9NO3. The van der Waals surface area contributed by atoms with Crippen molar-refractivity contribution in [3.8, 4) is 6.07 Å². The third kappa shape index (κ3) is 3.05. The highest BCUT2D eigenvalue weighted by Crippen LogP contribution is 1.96. The molecule has 10 heavy (non-hydrogen) atoms. The zero-order valence-electron chi connectivity index (χ0n) is 5.70. The van der Waals surface area contributed by atoms with Gasteiger partial charge < -0.3 is 9.84 Å². The summed E-state index contributed by atoms with van der Waals surface area (Å²) in [5, 5.41) is 16.9. The molecule has 0 fully saturated rings. The topological polar surface area (TPSA) is 70.3 Å². The van der Waals surface area contributed by atoms with Gasteiger partial charge in [-0.2, -0.15) is 5.26 Å². The predicted molar refractivity (Wildman–Crippen MR) is 32.9 cm³/mol. The second-order valence-corrected chi connectivity index (χ2v) is 1.74. The number of aliphatic hydroxyl groups is 1. The van der Waals surface area contributed by atoms with Crippen molar-refractivity contribution in [1.82, 2.24) is 0 Å². The molecule has 56 valence electrons. The van der Waals surface area contributed by atoms with E-state index < -0.39 is 12.1 Å². The average Bonchev–Trinajstić information content (AvgIpc) is 1.98. The van der Waals surface area contributed by atoms with E-state index in [1.807, 2.05) is 6.07 Å². The number of hydrogen-bond acceptors (Lipinski definition) is 4. The van der Waals surface area contributed by atoms with Crippen LogP contribution in [0.4, 0.5) is 0 Å². The van der Waals surface area contributed by atoms with Gasteiger partial charge in [0.1, 0.15) is 0 Å². The average molecular weight is 143 g/mol. The van der Waals surface area contributed by atoms with Crippen molar-refractivity contribution < 1.29 is 14.6 Å². The van der Waals surface area contributed by atoms with E-state index in [9.17, 15) is 4.79 Å². The second-order valence-electron chi connectivity index (χ2n) is 1.74. The van der Waals surface area contributed by atoms with Crippen LogP contribution in [0.1, 0.15) is 12.8 Å². The lowest BCUT2D eigenvalue weighted by Crippen LogP contribution is -2.21. The number of nitrogens with zero attached hydrogens (tertiary/aromatic N) is 1. The van der Waals surface area contributed by atoms with Gasteiger partial charge in [0.2, 0.25) is 0 Å². The summed E-state index contributed by atoms with van der Waals surface area (Å²) in [6, 6.07) is 1.81. The minimum absolute atomic E-state index is 0.142. The van der Waals surface area contributed by atoms with Crippen molar-refractivity contribution >= 4 is 5.97 Å². The summed E-state index contributed by atoms with van der Waals surface area (Å²) in [7, 11) is 1.19. The Bertz CT molecular complexity index is 150. The quantitative estimate of drug-likeness (QED) is 0.556. The van der Waals surface area contributed by atoms with Gasteiger partial charge >= 0.3 is 5.97 Å². The van der Waals surface area contributed by atoms with Crippen LogP contribution in [-0.2, 0) is 9.53 Å². The molecule has 0 unspecified atom stereocenters. The molecule has 1 N–H and O–H groups in total. The molecule has 0 amide bonds. The van der Waals surface area contributed by atoms with Crippen LogP contribution in [0, 0.1) is 11.3 Å². The van der Waals surface area contributed by atoms with E-state index >= 15 is 0 Å². The summed E-state index contributed by atoms with van der Waals surface area (Å²) in [6.45, 7) is 0. The molecule has 0 saturated carbocycles. The van der Waals surface area contributed by atoms with Crippen LogP contribution >= 0.6 is 0 Å². The van der Waals surface area contributed by atoms with Gasteiger partial charge in [-0.1, -0.05) is 0 Å². The van der Waals surface area contributed by atoms with Crippen molar-refractivity contribution in [1.29, 1.82) is 5.26 Å². The first-order valence-corrected chi connectivity index (χ1v) is 2.85. The van der Waals surface area contributed by atoms with Gasteiger partial charge in [-0.25, -0.2) is 4.79 Å². The molecule has 0 aromatic rings. The highest BCUT2D eigenvalue weighted by Gasteiger charge is 2.13. The molecule has 0 aliphatic rings. The molecule has 0 spiro atoms. The van der Waals surface area contributed by atoms with Gasteiger partial charge in [-0.05, 0) is 6.42 Å². The lowest BCUT2D eigenvalue weighted by atomic mass is 10.2. The number of nitriles is 1. The number of aliphatic hydroxyl groups excluding tert-OH is 1. The fraction of sp³-hybridized carbons (Fsp3) is 0.667. The van der Waals surface area contributed by atoms with E-state index in [2.05, 4.69) is 4.74 Å². The smallest absolute Gasteiger partial charge is 0.334 e. The summed E-state index contributed by atoms with van der Waals surface area (Å²) in [5.74, 6) is -0.685. The number of carbonyl (C=O) groups excluding carboxylic acids is 1. The van der Waals surface area contributed by atoms with Crippen LogP contribution in [-0.4, -0.2) is 24.3 Å². The van der Waals surface area contributed by atoms with Gasteiger partial charge in [-0.15, -0.1) is 0 Å². The molecular weight excluding hydrogens is 134 g/mol. The van der Waals surface area contributed by atoms with E-state index in [4.69, 9.17) is 10.4 Å². The third-order valence-electron chi connectivity index (χ3n) is 1.00. The fourth-order valence-electron chi connectivity index (χ4n) is 0.455. The Morgan fingerprint density at radius 2 is 2.50 bits per heavy atom. The van der Waals surface area contributed by atoms with Crippen molar-refractivity contribution in [2.24, 2.45) is 0 Å². The van der Waals surface area contributed by atoms with Crippen molar-refractivity contribution in [2.75, 3.05) is 7.11 Å². The van der Waals surface area contributed by atoms with E-state index in [1.165, 1.54) is 7.11 Å². The maximum atomic E-state index is 10.4. The minimum Gasteiger partial charge on any atom is -0.467 e. The van der Waals surface area contributed by atoms with Crippen LogP contribution in [0.2, 0.25) is 0 Å². The summed E-state index contributed by atoms with van der Waals surface area (Å²) in [4.78, 5) is 10.4. The number of hydrogen-bond donors (Lipinski definition) is 1. The van der Waals surface area contributed by atoms with Crippen molar-refractivity contribution in [3.63, 3.8) is 0 Å². The molecule has 0 aliphatic heterocycles. The van der Waals surface area contributed by atoms with Gasteiger partial charge in [0.15, 0.2) is 6.10 Å². The Balaban J connectivity index is 3.53. The monoisotopic (exact) mass is 143 g/mol. The molecule has 0 bridgehead atoms. The van der Waals surface area contributed by atoms with Crippen LogP contribution in [0.5, 0.6) is 0 Å². The normalized spacial score (nSPS) is 11.7. The molecule has 0 radical (unpaired) electrons. The first kappa shape index (κ1) is 8.92. The number of esters is 1. The van der Waals surface area contributed by atoms with Crippen molar-refractivity contribution in [2.45, 2.75) is 18.9 Å². The van der Waals surface area contributed by atoms with Gasteiger partial charge in [0, 0.05) is 6.42 Å². The van der Waals surface area contributed by atoms with E-state index in [0.717, 1.165) is 0 Å². The molecule has 4 heteroatoms. The molecule has 0 aliphatic carbocycles. The maximum Gasteiger partial charge on any atom is 0.334 e. The second kappa shape index (κ2) is 4.77. The first-order chi connectivity index (χ1) is 4.72. The van der Waals surface area contributed by atoms with Crippen LogP contribution < -0.4 is 0 Å². The van der Waals surface area contributed by atoms with Crippen LogP contribution in [0.15, 0.2) is 0 Å². The minimum atomic E-state index is -1.15. The number of carbonyl (C=O) groups is 1. The molecule has 0 heterocycles. The standard InChI is InChI=1S/C6H9NO3/c1-10-6(9)5(8)3-2-4-7/h5,8H,2-3H2,1H3/t5-/m1/s1. The first-order valence-electron chi connectivity index (χ1n) is 2.85. The molecule has 0 rings (SSSR count). The molecule has 4 nitrogen and oxygen atoms in total. The van der Waals surface area contributed by atoms with Crippen LogP contribution in [0.3, 0.4) is 0 Å². The number of rotatable bonds is 3. The van der Waals surface area contributed by atoms with Crippen molar-refractivity contribution in [3.05, 3.63) is 0 Å². The maximum absolute atomic E-state index is 10.4. The molecule has 0 saturated heterocycles. The molecule has 0 aromatic heterocycles. The third-order valence-corrected chi connectivity index (χ3v) is 1.00. The van der Waals surface area contributed by atoms with Gasteiger partial charge in [-0.3, -0.25) is 0 Å². The highest BCUT2D eigenvalue weighted by atomic mass is 16.5. The van der Waals surface area contributed by atoms with Crippen LogP contribution in [0.25, 0.3) is 0 Å². The lowest BCUT2D eigenvalue weighted by molar-refractivity contribution is -0.150. The van der Waals surface area contributed by atoms with Gasteiger partial charge in [0.25, 0.3) is 0 Å². The predicted octanol–water partition coefficient (Wildman–Crippen LogP) is -0.176. The number of ether oxygens (including phenoxy) is 1. The Morgan fingerprint density at radius 3 is 2.90 bits per heavy atom. The summed E-state index contributed by atoms with van der Waals surface area (Å²) < 4.78 is 4.21. The van der Waals surface area contributed by atoms with E-state index in [0.29, 0.717) is 0 Å². The molecule has 1 atom stereocenters. The SMILES string of the molecule is COC(=O)[C@H](O)CCC#N. The molecule has 0 aromatic carbocycles. The number of methoxy groups -OCH3 is 1. The summed E-state index contributed by atoms with van der Waals surface area (Å²) in [5.41, 5.74) is 0. The summed E-state index contributed by atoms with van der Waals surface area (Å²) >= 11 is 0. The largest absolute Gasteiger partial charge is 0.467 e. The fourth-order valence-corrected chi connectivity index (χ4v) is 0.455. The Labute approximate surface area is 59.0 Å². The van der Waals surface area contributed by atoms with E-state index in [1.54, 1.807) is 0 Å². The van der Waals surface area contributed by atoms with E-state index in [-0.39, 0.29) is 12.8 Å². The Hall–Kier alpha value is -1.08.